The highest BCUT2D eigenvalue weighted by molar-refractivity contribution is 7.90. The molecule has 0 amide bonds. The van der Waals surface area contributed by atoms with Crippen LogP contribution in [0.3, 0.4) is 0 Å². The number of hydrogen-bond donors (Lipinski definition) is 2. The van der Waals surface area contributed by atoms with Gasteiger partial charge in [0, 0.05) is 44.7 Å². The Balaban J connectivity index is 2.64. The van der Waals surface area contributed by atoms with Crippen molar-refractivity contribution in [3.63, 3.8) is 0 Å². The minimum atomic E-state index is -3.02. The van der Waals surface area contributed by atoms with Crippen LogP contribution in [0, 0.1) is 0 Å². The van der Waals surface area contributed by atoms with Crippen LogP contribution in [0.5, 0.6) is 5.75 Å². The molecule has 0 heterocycles. The molecule has 8 heteroatoms. The molecule has 2 N–H and O–H groups in total. The minimum Gasteiger partial charge on any atom is -0.493 e. The SMILES string of the molecule is CCNC(=NCCS(C)(=O)=O)Nc1cccc(OCCCOC)c1. The van der Waals surface area contributed by atoms with E-state index in [4.69, 9.17) is 9.47 Å². The van der Waals surface area contributed by atoms with Gasteiger partial charge >= 0.3 is 0 Å². The van der Waals surface area contributed by atoms with Crippen molar-refractivity contribution in [1.82, 2.24) is 5.32 Å². The van der Waals surface area contributed by atoms with Crippen molar-refractivity contribution in [2.24, 2.45) is 4.99 Å². The minimum absolute atomic E-state index is 0.0201. The predicted molar refractivity (Wildman–Crippen MR) is 97.7 cm³/mol. The Kier molecular flexibility index (Phi) is 9.18. The van der Waals surface area contributed by atoms with Crippen LogP contribution in [0.25, 0.3) is 0 Å². The lowest BCUT2D eigenvalue weighted by atomic mass is 10.3. The van der Waals surface area contributed by atoms with Gasteiger partial charge in [-0.3, -0.25) is 4.99 Å². The summed E-state index contributed by atoms with van der Waals surface area (Å²) in [6, 6.07) is 7.53. The molecule has 0 aliphatic rings. The summed E-state index contributed by atoms with van der Waals surface area (Å²) in [5, 5.41) is 6.23. The normalized spacial score (nSPS) is 12.0. The summed E-state index contributed by atoms with van der Waals surface area (Å²) in [4.78, 5) is 4.27. The monoisotopic (exact) mass is 357 g/mol. The van der Waals surface area contributed by atoms with E-state index in [-0.39, 0.29) is 12.3 Å². The standard InChI is InChI=1S/C16H27N3O4S/c1-4-17-16(18-9-12-24(3,20)21)19-14-7-5-8-15(13-14)23-11-6-10-22-2/h5,7-8,13H,4,6,9-12H2,1-3H3,(H2,17,18,19). The number of rotatable bonds is 10. The first-order chi connectivity index (χ1) is 11.4. The van der Waals surface area contributed by atoms with Gasteiger partial charge in [0.15, 0.2) is 5.96 Å². The van der Waals surface area contributed by atoms with E-state index >= 15 is 0 Å². The van der Waals surface area contributed by atoms with Crippen molar-refractivity contribution < 1.29 is 17.9 Å². The van der Waals surface area contributed by atoms with Crippen LogP contribution in [-0.4, -0.2) is 59.8 Å². The molecule has 0 aliphatic carbocycles. The Morgan fingerprint density at radius 2 is 2.08 bits per heavy atom. The average Bonchev–Trinajstić information content (AvgIpc) is 2.51. The van der Waals surface area contributed by atoms with Gasteiger partial charge in [0.2, 0.25) is 0 Å². The second kappa shape index (κ2) is 10.9. The van der Waals surface area contributed by atoms with Gasteiger partial charge in [0.1, 0.15) is 15.6 Å². The summed E-state index contributed by atoms with van der Waals surface area (Å²) in [7, 11) is -1.36. The lowest BCUT2D eigenvalue weighted by Gasteiger charge is -2.12. The molecule has 0 aliphatic heterocycles. The van der Waals surface area contributed by atoms with Crippen LogP contribution in [0.4, 0.5) is 5.69 Å². The zero-order valence-corrected chi connectivity index (χ0v) is 15.4. The molecule has 0 radical (unpaired) electrons. The van der Waals surface area contributed by atoms with Crippen molar-refractivity contribution in [3.05, 3.63) is 24.3 Å². The van der Waals surface area contributed by atoms with Gasteiger partial charge in [-0.1, -0.05) is 6.07 Å². The molecule has 0 atom stereocenters. The highest BCUT2D eigenvalue weighted by Gasteiger charge is 2.04. The Bertz CT molecular complexity index is 618. The molecular formula is C16H27N3O4S. The summed E-state index contributed by atoms with van der Waals surface area (Å²) in [5.74, 6) is 1.31. The second-order valence-corrected chi connectivity index (χ2v) is 7.50. The summed E-state index contributed by atoms with van der Waals surface area (Å²) < 4.78 is 33.0. The Hall–Kier alpha value is -1.80. The maximum atomic E-state index is 11.2. The fraction of sp³-hybridized carbons (Fsp3) is 0.562. The molecule has 0 saturated heterocycles. The maximum Gasteiger partial charge on any atom is 0.195 e. The molecule has 0 aromatic heterocycles. The first kappa shape index (κ1) is 20.2. The zero-order chi connectivity index (χ0) is 17.8. The molecule has 0 saturated carbocycles. The number of methoxy groups -OCH3 is 1. The van der Waals surface area contributed by atoms with Crippen molar-refractivity contribution in [1.29, 1.82) is 0 Å². The van der Waals surface area contributed by atoms with Gasteiger partial charge < -0.3 is 20.1 Å². The van der Waals surface area contributed by atoms with Gasteiger partial charge in [-0.05, 0) is 19.1 Å². The Labute approximate surface area is 144 Å². The molecule has 0 unspecified atom stereocenters. The lowest BCUT2D eigenvalue weighted by Crippen LogP contribution is -2.31. The number of guanidine groups is 1. The molecule has 7 nitrogen and oxygen atoms in total. The topological polar surface area (TPSA) is 89.0 Å². The van der Waals surface area contributed by atoms with E-state index < -0.39 is 9.84 Å². The first-order valence-electron chi connectivity index (χ1n) is 7.89. The van der Waals surface area contributed by atoms with Crippen LogP contribution in [0.2, 0.25) is 0 Å². The van der Waals surface area contributed by atoms with E-state index in [0.717, 1.165) is 17.9 Å². The largest absolute Gasteiger partial charge is 0.493 e. The average molecular weight is 357 g/mol. The van der Waals surface area contributed by atoms with Crippen molar-refractivity contribution in [2.75, 3.05) is 50.7 Å². The third-order valence-corrected chi connectivity index (χ3v) is 3.86. The molecular weight excluding hydrogens is 330 g/mol. The summed E-state index contributed by atoms with van der Waals surface area (Å²) >= 11 is 0. The number of hydrogen-bond acceptors (Lipinski definition) is 5. The van der Waals surface area contributed by atoms with Crippen LogP contribution >= 0.6 is 0 Å². The van der Waals surface area contributed by atoms with E-state index in [1.807, 2.05) is 31.2 Å². The molecule has 1 aromatic carbocycles. The van der Waals surface area contributed by atoms with Crippen molar-refractivity contribution in [3.8, 4) is 5.75 Å². The van der Waals surface area contributed by atoms with E-state index in [0.29, 0.717) is 25.7 Å². The highest BCUT2D eigenvalue weighted by Crippen LogP contribution is 2.17. The number of anilines is 1. The number of sulfone groups is 1. The van der Waals surface area contributed by atoms with Crippen molar-refractivity contribution >= 4 is 21.5 Å². The summed E-state index contributed by atoms with van der Waals surface area (Å²) in [5.41, 5.74) is 0.818. The van der Waals surface area contributed by atoms with Crippen LogP contribution in [-0.2, 0) is 14.6 Å². The predicted octanol–water partition coefficient (Wildman–Crippen LogP) is 1.52. The van der Waals surface area contributed by atoms with Gasteiger partial charge in [-0.25, -0.2) is 8.42 Å². The van der Waals surface area contributed by atoms with Crippen LogP contribution in [0.15, 0.2) is 29.3 Å². The number of nitrogens with one attached hydrogen (secondary N) is 2. The van der Waals surface area contributed by atoms with Gasteiger partial charge in [0.05, 0.1) is 18.9 Å². The molecule has 0 spiro atoms. The van der Waals surface area contributed by atoms with Crippen molar-refractivity contribution in [2.45, 2.75) is 13.3 Å². The van der Waals surface area contributed by atoms with Crippen LogP contribution in [0.1, 0.15) is 13.3 Å². The second-order valence-electron chi connectivity index (χ2n) is 5.24. The molecule has 1 aromatic rings. The summed E-state index contributed by atoms with van der Waals surface area (Å²) in [6.45, 7) is 4.08. The first-order valence-corrected chi connectivity index (χ1v) is 9.95. The number of ether oxygens (including phenoxy) is 2. The van der Waals surface area contributed by atoms with E-state index in [1.165, 1.54) is 6.26 Å². The molecule has 0 bridgehead atoms. The molecule has 24 heavy (non-hydrogen) atoms. The van der Waals surface area contributed by atoms with Gasteiger partial charge in [-0.2, -0.15) is 0 Å². The van der Waals surface area contributed by atoms with Gasteiger partial charge in [-0.15, -0.1) is 0 Å². The lowest BCUT2D eigenvalue weighted by molar-refractivity contribution is 0.172. The zero-order valence-electron chi connectivity index (χ0n) is 14.5. The Morgan fingerprint density at radius 1 is 1.29 bits per heavy atom. The highest BCUT2D eigenvalue weighted by atomic mass is 32.2. The van der Waals surface area contributed by atoms with Gasteiger partial charge in [0.25, 0.3) is 0 Å². The molecule has 0 fully saturated rings. The third kappa shape index (κ3) is 9.36. The fourth-order valence-corrected chi connectivity index (χ4v) is 2.25. The van der Waals surface area contributed by atoms with E-state index in [2.05, 4.69) is 15.6 Å². The number of aliphatic imine (C=N–C) groups is 1. The summed E-state index contributed by atoms with van der Waals surface area (Å²) in [6.07, 6.45) is 2.02. The Morgan fingerprint density at radius 3 is 2.75 bits per heavy atom. The van der Waals surface area contributed by atoms with E-state index in [1.54, 1.807) is 7.11 Å². The smallest absolute Gasteiger partial charge is 0.195 e. The maximum absolute atomic E-state index is 11.2. The number of nitrogens with zero attached hydrogens (tertiary/aromatic N) is 1. The number of benzene rings is 1. The molecule has 1 rings (SSSR count). The third-order valence-electron chi connectivity index (χ3n) is 2.93. The van der Waals surface area contributed by atoms with E-state index in [9.17, 15) is 8.42 Å². The quantitative estimate of drug-likeness (QED) is 0.375. The molecule has 136 valence electrons. The van der Waals surface area contributed by atoms with Crippen LogP contribution < -0.4 is 15.4 Å². The fourth-order valence-electron chi connectivity index (χ4n) is 1.82.